The number of hydrogen-bond donors (Lipinski definition) is 2. The molecule has 1 aromatic carbocycles. The molecule has 0 aromatic heterocycles. The molecule has 0 aliphatic carbocycles. The zero-order chi connectivity index (χ0) is 17.6. The van der Waals surface area contributed by atoms with Gasteiger partial charge in [0.15, 0.2) is 0 Å². The predicted octanol–water partition coefficient (Wildman–Crippen LogP) is 2.39. The molecule has 3 rings (SSSR count). The number of halogens is 1. The summed E-state index contributed by atoms with van der Waals surface area (Å²) in [5.41, 5.74) is 1.29. The highest BCUT2D eigenvalue weighted by molar-refractivity contribution is 6.32. The average molecular weight is 348 g/mol. The summed E-state index contributed by atoms with van der Waals surface area (Å²) in [6.45, 7) is 6.22. The Morgan fingerprint density at radius 2 is 2.00 bits per heavy atom. The number of urea groups is 1. The van der Waals surface area contributed by atoms with Gasteiger partial charge >= 0.3 is 6.03 Å². The molecule has 7 heteroatoms. The van der Waals surface area contributed by atoms with Gasteiger partial charge in [-0.15, -0.1) is 0 Å². The molecule has 24 heavy (non-hydrogen) atoms. The molecule has 2 heterocycles. The number of aryl methyl sites for hydroxylation is 1. The fraction of sp³-hybridized carbons (Fsp3) is 0.353. The van der Waals surface area contributed by atoms with Gasteiger partial charge in [-0.25, -0.2) is 4.79 Å². The number of carbonyl (C=O) groups is 3. The number of hydrogen-bond acceptors (Lipinski definition) is 3. The SMILES string of the molecule is CC(C)=CCCN1C(=O)C2(NC(=O)NC2=O)c2cc(Cl)cc(C)c21. The standard InChI is InChI=1S/C17H18ClN3O3/c1-9(2)5-4-6-21-13-10(3)7-11(18)8-12(13)17(15(21)23)14(22)19-16(24)20-17/h5,7-8H,4,6H2,1-3H3,(H2,19,20,22,24). The van der Waals surface area contributed by atoms with Gasteiger partial charge in [0.05, 0.1) is 5.69 Å². The molecule has 0 saturated carbocycles. The van der Waals surface area contributed by atoms with E-state index in [9.17, 15) is 14.4 Å². The van der Waals surface area contributed by atoms with Gasteiger partial charge in [0.2, 0.25) is 5.54 Å². The van der Waals surface area contributed by atoms with Crippen molar-refractivity contribution in [3.05, 3.63) is 39.9 Å². The Labute approximate surface area is 144 Å². The van der Waals surface area contributed by atoms with Crippen LogP contribution in [-0.4, -0.2) is 24.4 Å². The molecule has 1 atom stereocenters. The molecule has 2 aliphatic rings. The number of imide groups is 1. The first kappa shape index (κ1) is 16.5. The van der Waals surface area contributed by atoms with E-state index < -0.39 is 23.4 Å². The molecule has 1 aromatic rings. The second-order valence-corrected chi connectivity index (χ2v) is 6.74. The predicted molar refractivity (Wildman–Crippen MR) is 90.9 cm³/mol. The number of nitrogens with zero attached hydrogens (tertiary/aromatic N) is 1. The summed E-state index contributed by atoms with van der Waals surface area (Å²) < 4.78 is 0. The molecule has 1 saturated heterocycles. The third-order valence-corrected chi connectivity index (χ3v) is 4.50. The molecule has 2 N–H and O–H groups in total. The fourth-order valence-electron chi connectivity index (χ4n) is 3.29. The molecular formula is C17H18ClN3O3. The van der Waals surface area contributed by atoms with E-state index in [4.69, 9.17) is 11.6 Å². The van der Waals surface area contributed by atoms with Crippen LogP contribution in [0.3, 0.4) is 0 Å². The summed E-state index contributed by atoms with van der Waals surface area (Å²) in [6.07, 6.45) is 2.68. The largest absolute Gasteiger partial charge is 0.323 e. The lowest BCUT2D eigenvalue weighted by Gasteiger charge is -2.21. The maximum atomic E-state index is 13.1. The van der Waals surface area contributed by atoms with Crippen LogP contribution in [0.5, 0.6) is 0 Å². The second-order valence-electron chi connectivity index (χ2n) is 6.30. The van der Waals surface area contributed by atoms with Crippen molar-refractivity contribution in [2.45, 2.75) is 32.7 Å². The molecule has 0 radical (unpaired) electrons. The average Bonchev–Trinajstić information content (AvgIpc) is 2.89. The van der Waals surface area contributed by atoms with Gasteiger partial charge in [-0.3, -0.25) is 14.9 Å². The van der Waals surface area contributed by atoms with E-state index in [1.807, 2.05) is 26.8 Å². The van der Waals surface area contributed by atoms with Crippen molar-refractivity contribution in [1.29, 1.82) is 0 Å². The fourth-order valence-corrected chi connectivity index (χ4v) is 3.56. The topological polar surface area (TPSA) is 78.5 Å². The van der Waals surface area contributed by atoms with Gasteiger partial charge in [0.1, 0.15) is 0 Å². The first-order valence-electron chi connectivity index (χ1n) is 7.67. The minimum absolute atomic E-state index is 0.415. The van der Waals surface area contributed by atoms with Gasteiger partial charge in [-0.2, -0.15) is 0 Å². The van der Waals surface area contributed by atoms with Crippen LogP contribution < -0.4 is 15.5 Å². The summed E-state index contributed by atoms with van der Waals surface area (Å²) in [6, 6.07) is 2.64. The van der Waals surface area contributed by atoms with E-state index in [0.29, 0.717) is 29.2 Å². The lowest BCUT2D eigenvalue weighted by molar-refractivity contribution is -0.133. The quantitative estimate of drug-likeness (QED) is 0.500. The normalized spacial score (nSPS) is 21.8. The van der Waals surface area contributed by atoms with E-state index in [0.717, 1.165) is 11.1 Å². The molecule has 0 bridgehead atoms. The highest BCUT2D eigenvalue weighted by Crippen LogP contribution is 2.45. The number of carbonyl (C=O) groups excluding carboxylic acids is 3. The van der Waals surface area contributed by atoms with Crippen molar-refractivity contribution in [2.75, 3.05) is 11.4 Å². The maximum absolute atomic E-state index is 13.1. The monoisotopic (exact) mass is 347 g/mol. The van der Waals surface area contributed by atoms with Gasteiger partial charge in [-0.1, -0.05) is 23.3 Å². The smallest absolute Gasteiger partial charge is 0.312 e. The van der Waals surface area contributed by atoms with Crippen LogP contribution in [0.25, 0.3) is 0 Å². The van der Waals surface area contributed by atoms with Crippen LogP contribution in [0.1, 0.15) is 31.4 Å². The van der Waals surface area contributed by atoms with Gasteiger partial charge in [0.25, 0.3) is 11.8 Å². The van der Waals surface area contributed by atoms with Crippen LogP contribution in [0.15, 0.2) is 23.8 Å². The molecule has 1 spiro atoms. The minimum atomic E-state index is -1.72. The number of fused-ring (bicyclic) bond motifs is 2. The van der Waals surface area contributed by atoms with Crippen molar-refractivity contribution in [1.82, 2.24) is 10.6 Å². The molecule has 4 amide bonds. The molecule has 2 aliphatic heterocycles. The van der Waals surface area contributed by atoms with Gasteiger partial charge in [0, 0.05) is 17.1 Å². The van der Waals surface area contributed by atoms with Crippen molar-refractivity contribution >= 4 is 35.1 Å². The summed E-state index contributed by atoms with van der Waals surface area (Å²) in [5, 5.41) is 5.08. The Kier molecular flexibility index (Phi) is 3.87. The van der Waals surface area contributed by atoms with Crippen LogP contribution >= 0.6 is 11.6 Å². The number of nitrogens with one attached hydrogen (secondary N) is 2. The van der Waals surface area contributed by atoms with Crippen molar-refractivity contribution in [3.63, 3.8) is 0 Å². The Morgan fingerprint density at radius 1 is 1.29 bits per heavy atom. The van der Waals surface area contributed by atoms with E-state index >= 15 is 0 Å². The maximum Gasteiger partial charge on any atom is 0.323 e. The van der Waals surface area contributed by atoms with Crippen LogP contribution in [0.2, 0.25) is 5.02 Å². The number of benzene rings is 1. The van der Waals surface area contributed by atoms with Gasteiger partial charge in [-0.05, 0) is 44.9 Å². The van der Waals surface area contributed by atoms with Crippen LogP contribution in [0.4, 0.5) is 10.5 Å². The number of anilines is 1. The molecular weight excluding hydrogens is 330 g/mol. The number of rotatable bonds is 3. The lowest BCUT2D eigenvalue weighted by atomic mass is 9.90. The third kappa shape index (κ3) is 2.29. The highest BCUT2D eigenvalue weighted by atomic mass is 35.5. The van der Waals surface area contributed by atoms with Crippen molar-refractivity contribution in [3.8, 4) is 0 Å². The number of amides is 4. The number of allylic oxidation sites excluding steroid dienone is 1. The zero-order valence-corrected chi connectivity index (χ0v) is 14.5. The van der Waals surface area contributed by atoms with E-state index in [2.05, 4.69) is 10.6 Å². The van der Waals surface area contributed by atoms with Crippen LogP contribution in [-0.2, 0) is 15.1 Å². The highest BCUT2D eigenvalue weighted by Gasteiger charge is 2.61. The minimum Gasteiger partial charge on any atom is -0.312 e. The third-order valence-electron chi connectivity index (χ3n) is 4.28. The van der Waals surface area contributed by atoms with E-state index in [1.54, 1.807) is 17.0 Å². The Balaban J connectivity index is 2.13. The first-order valence-corrected chi connectivity index (χ1v) is 8.04. The summed E-state index contributed by atoms with van der Waals surface area (Å²) >= 11 is 6.13. The van der Waals surface area contributed by atoms with Crippen molar-refractivity contribution in [2.24, 2.45) is 0 Å². The summed E-state index contributed by atoms with van der Waals surface area (Å²) in [7, 11) is 0. The molecule has 6 nitrogen and oxygen atoms in total. The Hall–Kier alpha value is -2.34. The lowest BCUT2D eigenvalue weighted by Crippen LogP contribution is -2.52. The van der Waals surface area contributed by atoms with Crippen LogP contribution in [0, 0.1) is 6.92 Å². The molecule has 1 fully saturated rings. The molecule has 1 unspecified atom stereocenters. The first-order chi connectivity index (χ1) is 11.3. The second kappa shape index (κ2) is 5.63. The summed E-state index contributed by atoms with van der Waals surface area (Å²) in [5.74, 6) is -1.11. The zero-order valence-electron chi connectivity index (χ0n) is 13.7. The molecule has 126 valence electrons. The van der Waals surface area contributed by atoms with Crippen molar-refractivity contribution < 1.29 is 14.4 Å². The Morgan fingerprint density at radius 3 is 2.58 bits per heavy atom. The summed E-state index contributed by atoms with van der Waals surface area (Å²) in [4.78, 5) is 38.8. The van der Waals surface area contributed by atoms with E-state index in [-0.39, 0.29) is 0 Å². The van der Waals surface area contributed by atoms with Gasteiger partial charge < -0.3 is 10.2 Å². The Bertz CT molecular complexity index is 799. The van der Waals surface area contributed by atoms with E-state index in [1.165, 1.54) is 0 Å².